The minimum Gasteiger partial charge on any atom is -0.394 e. The molecule has 2 N–H and O–H groups in total. The third kappa shape index (κ3) is 4.46. The van der Waals surface area contributed by atoms with Gasteiger partial charge >= 0.3 is 0 Å². The summed E-state index contributed by atoms with van der Waals surface area (Å²) in [6.07, 6.45) is 0. The molecular weight excluding hydrogens is 304 g/mol. The summed E-state index contributed by atoms with van der Waals surface area (Å²) in [6, 6.07) is 7.51. The second kappa shape index (κ2) is 8.17. The lowest BCUT2D eigenvalue weighted by atomic mass is 10.2. The van der Waals surface area contributed by atoms with E-state index >= 15 is 0 Å². The molecule has 0 saturated carbocycles. The Bertz CT molecular complexity index is 521. The molecule has 1 unspecified atom stereocenters. The highest BCUT2D eigenvalue weighted by Crippen LogP contribution is 2.38. The number of hydrogen-bond donors (Lipinski definition) is 2. The van der Waals surface area contributed by atoms with Gasteiger partial charge in [-0.3, -0.25) is 9.59 Å². The Morgan fingerprint density at radius 2 is 2.14 bits per heavy atom. The van der Waals surface area contributed by atoms with Gasteiger partial charge in [0.25, 0.3) is 0 Å². The lowest BCUT2D eigenvalue weighted by Crippen LogP contribution is -2.31. The molecule has 1 saturated heterocycles. The number of carbonyl (C=O) groups is 2. The van der Waals surface area contributed by atoms with Crippen molar-refractivity contribution in [1.82, 2.24) is 4.90 Å². The van der Waals surface area contributed by atoms with Crippen molar-refractivity contribution < 1.29 is 19.4 Å². The van der Waals surface area contributed by atoms with Crippen LogP contribution in [0.15, 0.2) is 24.3 Å². The van der Waals surface area contributed by atoms with Gasteiger partial charge in [-0.1, -0.05) is 12.1 Å². The van der Waals surface area contributed by atoms with Crippen LogP contribution in [0, 0.1) is 0 Å². The highest BCUT2D eigenvalue weighted by atomic mass is 32.2. The van der Waals surface area contributed by atoms with Crippen LogP contribution in [0.1, 0.15) is 17.9 Å². The number of ether oxygens (including phenoxy) is 1. The quantitative estimate of drug-likeness (QED) is 0.738. The van der Waals surface area contributed by atoms with Crippen LogP contribution in [0.3, 0.4) is 0 Å². The number of rotatable bonds is 7. The molecule has 0 bridgehead atoms. The number of amides is 2. The predicted molar refractivity (Wildman–Crippen MR) is 85.6 cm³/mol. The number of carbonyl (C=O) groups excluding carboxylic acids is 2. The monoisotopic (exact) mass is 324 g/mol. The van der Waals surface area contributed by atoms with Gasteiger partial charge in [0, 0.05) is 19.2 Å². The molecule has 1 aromatic rings. The van der Waals surface area contributed by atoms with E-state index in [1.165, 1.54) is 6.92 Å². The zero-order valence-corrected chi connectivity index (χ0v) is 13.3. The molecule has 0 radical (unpaired) electrons. The average Bonchev–Trinajstić information content (AvgIpc) is 2.85. The number of nitrogens with zero attached hydrogens (tertiary/aromatic N) is 1. The van der Waals surface area contributed by atoms with E-state index in [1.54, 1.807) is 16.7 Å². The fourth-order valence-electron chi connectivity index (χ4n) is 2.24. The van der Waals surface area contributed by atoms with Gasteiger partial charge in [-0.05, 0) is 17.7 Å². The molecule has 0 aromatic heterocycles. The molecular formula is C15H20N2O4S. The molecule has 0 spiro atoms. The lowest BCUT2D eigenvalue weighted by Gasteiger charge is -2.24. The van der Waals surface area contributed by atoms with Gasteiger partial charge in [0.05, 0.1) is 25.6 Å². The Morgan fingerprint density at radius 3 is 2.77 bits per heavy atom. The van der Waals surface area contributed by atoms with Crippen LogP contribution in [0.4, 0.5) is 5.69 Å². The Labute approximate surface area is 133 Å². The van der Waals surface area contributed by atoms with Crippen molar-refractivity contribution in [3.8, 4) is 0 Å². The third-order valence-electron chi connectivity index (χ3n) is 3.20. The van der Waals surface area contributed by atoms with Gasteiger partial charge in [-0.15, -0.1) is 11.8 Å². The van der Waals surface area contributed by atoms with Gasteiger partial charge < -0.3 is 20.1 Å². The highest BCUT2D eigenvalue weighted by Gasteiger charge is 2.32. The second-order valence-corrected chi connectivity index (χ2v) is 5.96. The number of anilines is 1. The van der Waals surface area contributed by atoms with Gasteiger partial charge in [0.1, 0.15) is 5.37 Å². The zero-order chi connectivity index (χ0) is 15.9. The molecule has 1 heterocycles. The minimum atomic E-state index is -0.110. The van der Waals surface area contributed by atoms with Crippen molar-refractivity contribution in [2.45, 2.75) is 12.3 Å². The van der Waals surface area contributed by atoms with Gasteiger partial charge in [0.2, 0.25) is 11.8 Å². The molecule has 2 rings (SSSR count). The van der Waals surface area contributed by atoms with E-state index in [1.807, 2.05) is 24.3 Å². The summed E-state index contributed by atoms with van der Waals surface area (Å²) >= 11 is 1.58. The second-order valence-electron chi connectivity index (χ2n) is 4.89. The third-order valence-corrected chi connectivity index (χ3v) is 4.45. The van der Waals surface area contributed by atoms with Crippen molar-refractivity contribution in [1.29, 1.82) is 0 Å². The maximum atomic E-state index is 12.0. The van der Waals surface area contributed by atoms with E-state index in [9.17, 15) is 9.59 Å². The zero-order valence-electron chi connectivity index (χ0n) is 12.4. The molecule has 1 aromatic carbocycles. The van der Waals surface area contributed by atoms with Crippen molar-refractivity contribution in [3.63, 3.8) is 0 Å². The van der Waals surface area contributed by atoms with Gasteiger partial charge in [-0.25, -0.2) is 0 Å². The number of nitrogens with one attached hydrogen (secondary N) is 1. The summed E-state index contributed by atoms with van der Waals surface area (Å²) in [5.74, 6) is 0.437. The first kappa shape index (κ1) is 16.8. The number of aliphatic hydroxyl groups is 1. The van der Waals surface area contributed by atoms with Crippen molar-refractivity contribution in [2.75, 3.05) is 37.4 Å². The smallest absolute Gasteiger partial charge is 0.233 e. The Kier molecular flexibility index (Phi) is 6.23. The molecule has 1 atom stereocenters. The van der Waals surface area contributed by atoms with Gasteiger partial charge in [0.15, 0.2) is 0 Å². The summed E-state index contributed by atoms with van der Waals surface area (Å²) in [7, 11) is 0. The van der Waals surface area contributed by atoms with Crippen LogP contribution >= 0.6 is 11.8 Å². The average molecular weight is 324 g/mol. The van der Waals surface area contributed by atoms with E-state index < -0.39 is 0 Å². The SMILES string of the molecule is CC(=O)Nc1ccc(C2SCC(=O)N2CCOCCO)cc1. The van der Waals surface area contributed by atoms with Crippen LogP contribution in [-0.4, -0.2) is 53.9 Å². The first-order valence-corrected chi connectivity index (χ1v) is 8.14. The summed E-state index contributed by atoms with van der Waals surface area (Å²) in [5, 5.41) is 11.4. The minimum absolute atomic E-state index is 0.0171. The standard InChI is InChI=1S/C15H20N2O4S/c1-11(19)16-13-4-2-12(3-5-13)15-17(14(20)10-22-15)6-8-21-9-7-18/h2-5,15,18H,6-10H2,1H3,(H,16,19). The van der Waals surface area contributed by atoms with E-state index in [0.717, 1.165) is 11.3 Å². The summed E-state index contributed by atoms with van der Waals surface area (Å²) in [5.41, 5.74) is 1.76. The molecule has 1 aliphatic heterocycles. The first-order chi connectivity index (χ1) is 10.6. The fourth-order valence-corrected chi connectivity index (χ4v) is 3.45. The first-order valence-electron chi connectivity index (χ1n) is 7.09. The van der Waals surface area contributed by atoms with Crippen LogP contribution in [0.5, 0.6) is 0 Å². The highest BCUT2D eigenvalue weighted by molar-refractivity contribution is 8.00. The van der Waals surface area contributed by atoms with Crippen LogP contribution < -0.4 is 5.32 Å². The molecule has 6 nitrogen and oxygen atoms in total. The number of benzene rings is 1. The van der Waals surface area contributed by atoms with E-state index in [2.05, 4.69) is 5.32 Å². The van der Waals surface area contributed by atoms with Crippen LogP contribution in [0.25, 0.3) is 0 Å². The fraction of sp³-hybridized carbons (Fsp3) is 0.467. The molecule has 0 aliphatic carbocycles. The summed E-state index contributed by atoms with van der Waals surface area (Å²) in [6.45, 7) is 2.65. The molecule has 120 valence electrons. The predicted octanol–water partition coefficient (Wildman–Crippen LogP) is 1.23. The summed E-state index contributed by atoms with van der Waals surface area (Å²) in [4.78, 5) is 24.8. The lowest BCUT2D eigenvalue weighted by molar-refractivity contribution is -0.128. The number of hydrogen-bond acceptors (Lipinski definition) is 5. The molecule has 1 fully saturated rings. The molecule has 1 aliphatic rings. The Hall–Kier alpha value is -1.57. The van der Waals surface area contributed by atoms with Gasteiger partial charge in [-0.2, -0.15) is 0 Å². The number of aliphatic hydroxyl groups excluding tert-OH is 1. The van der Waals surface area contributed by atoms with Crippen LogP contribution in [0.2, 0.25) is 0 Å². The number of thioether (sulfide) groups is 1. The Balaban J connectivity index is 1.99. The van der Waals surface area contributed by atoms with Crippen molar-refractivity contribution >= 4 is 29.3 Å². The topological polar surface area (TPSA) is 78.9 Å². The van der Waals surface area contributed by atoms with E-state index in [0.29, 0.717) is 18.9 Å². The van der Waals surface area contributed by atoms with Crippen molar-refractivity contribution in [3.05, 3.63) is 29.8 Å². The molecule has 2 amide bonds. The van der Waals surface area contributed by atoms with Crippen molar-refractivity contribution in [2.24, 2.45) is 0 Å². The van der Waals surface area contributed by atoms with E-state index in [4.69, 9.17) is 9.84 Å². The van der Waals surface area contributed by atoms with E-state index in [-0.39, 0.29) is 30.4 Å². The maximum Gasteiger partial charge on any atom is 0.233 e. The molecule has 22 heavy (non-hydrogen) atoms. The normalized spacial score (nSPS) is 17.8. The maximum absolute atomic E-state index is 12.0. The Morgan fingerprint density at radius 1 is 1.41 bits per heavy atom. The largest absolute Gasteiger partial charge is 0.394 e. The molecule has 7 heteroatoms. The summed E-state index contributed by atoms with van der Waals surface area (Å²) < 4.78 is 5.24. The van der Waals surface area contributed by atoms with Crippen LogP contribution in [-0.2, 0) is 14.3 Å².